The molecule has 0 fully saturated rings. The minimum Gasteiger partial charge on any atom is -0.448 e. The minimum atomic E-state index is -1.49. The zero-order valence-corrected chi connectivity index (χ0v) is 87.3. The van der Waals surface area contributed by atoms with Crippen molar-refractivity contribution in [2.24, 2.45) is 47.3 Å². The summed E-state index contributed by atoms with van der Waals surface area (Å²) >= 11 is 0. The van der Waals surface area contributed by atoms with Crippen LogP contribution in [-0.4, -0.2) is 269 Å². The monoisotopic (exact) mass is 2010 g/mol. The predicted molar refractivity (Wildman–Crippen MR) is 553 cm³/mol. The van der Waals surface area contributed by atoms with Crippen molar-refractivity contribution in [3.05, 3.63) is 144 Å². The van der Waals surface area contributed by atoms with E-state index in [9.17, 15) is 47.9 Å². The number of rotatable bonds is 57. The van der Waals surface area contributed by atoms with Crippen molar-refractivity contribution < 1.29 is 86.2 Å². The number of aromatic nitrogens is 4. The van der Waals surface area contributed by atoms with E-state index in [0.29, 0.717) is 63.6 Å². The van der Waals surface area contributed by atoms with Crippen molar-refractivity contribution in [2.75, 3.05) is 53.9 Å². The van der Waals surface area contributed by atoms with Gasteiger partial charge in [-0.2, -0.15) is 0 Å². The molecule has 8 aromatic rings. The van der Waals surface area contributed by atoms with Crippen molar-refractivity contribution in [3.8, 4) is 0 Å². The van der Waals surface area contributed by atoms with Gasteiger partial charge in [0, 0.05) is 114 Å². The van der Waals surface area contributed by atoms with E-state index in [2.05, 4.69) is 105 Å². The number of benzene rings is 4. The van der Waals surface area contributed by atoms with Crippen molar-refractivity contribution in [1.29, 1.82) is 0 Å². The third-order valence-corrected chi connectivity index (χ3v) is 25.0. The summed E-state index contributed by atoms with van der Waals surface area (Å²) in [4.78, 5) is 259. The molecule has 4 heterocycles. The Morgan fingerprint density at radius 2 is 0.579 bits per heavy atom. The molecule has 0 saturated carbocycles. The Hall–Kier alpha value is -14.2. The minimum absolute atomic E-state index is 0.000991. The molecule has 4 aromatic heterocycles. The van der Waals surface area contributed by atoms with Gasteiger partial charge >= 0.3 is 6.09 Å². The largest absolute Gasteiger partial charge is 0.448 e. The molecule has 40 heteroatoms. The lowest BCUT2D eigenvalue weighted by Crippen LogP contribution is -2.62. The number of amides is 17. The molecule has 790 valence electrons. The number of likely N-dealkylation sites (N-methyl/N-ethyl adjacent to an activating group) is 2. The first-order valence-electron chi connectivity index (χ1n) is 50.0. The number of para-hydroxylation sites is 4. The van der Waals surface area contributed by atoms with Gasteiger partial charge in [-0.3, -0.25) is 76.7 Å². The fourth-order valence-electron chi connectivity index (χ4n) is 16.9. The molecular weight excluding hydrogens is 1860 g/mol. The lowest BCUT2D eigenvalue weighted by Gasteiger charge is -2.31. The molecule has 0 bridgehead atoms. The summed E-state index contributed by atoms with van der Waals surface area (Å²) in [5.41, 5.74) is 5.42. The third-order valence-electron chi connectivity index (χ3n) is 25.0. The molecule has 17 amide bonds. The molecule has 0 radical (unpaired) electrons. The van der Waals surface area contributed by atoms with Gasteiger partial charge in [0.05, 0.1) is 13.1 Å². The normalized spacial score (nSPS) is 14.6. The van der Waals surface area contributed by atoms with Crippen molar-refractivity contribution >= 4 is 145 Å². The Balaban J connectivity index is 1.01. The Morgan fingerprint density at radius 1 is 0.303 bits per heavy atom. The molecule has 40 nitrogen and oxygen atoms in total. The Kier molecular flexibility index (Phi) is 44.5. The highest BCUT2D eigenvalue weighted by Crippen LogP contribution is 2.27. The van der Waals surface area contributed by atoms with Gasteiger partial charge in [-0.05, 0) is 147 Å². The first-order valence-corrected chi connectivity index (χ1v) is 50.0. The van der Waals surface area contributed by atoms with Crippen LogP contribution >= 0.6 is 0 Å². The van der Waals surface area contributed by atoms with Gasteiger partial charge < -0.3 is 120 Å². The van der Waals surface area contributed by atoms with Crippen molar-refractivity contribution in [2.45, 2.75) is 261 Å². The molecule has 8 rings (SSSR count). The van der Waals surface area contributed by atoms with Gasteiger partial charge in [-0.1, -0.05) is 184 Å². The van der Waals surface area contributed by atoms with Gasteiger partial charge in [0.15, 0.2) is 0 Å². The molecule has 145 heavy (non-hydrogen) atoms. The number of fused-ring (bicyclic) bond motifs is 4. The van der Waals surface area contributed by atoms with Crippen LogP contribution < -0.4 is 85.1 Å². The van der Waals surface area contributed by atoms with Crippen LogP contribution in [0.5, 0.6) is 0 Å². The molecule has 0 saturated heterocycles. The van der Waals surface area contributed by atoms with Crippen LogP contribution in [0.15, 0.2) is 122 Å². The second kappa shape index (κ2) is 55.6. The fourth-order valence-corrected chi connectivity index (χ4v) is 16.9. The van der Waals surface area contributed by atoms with Gasteiger partial charge in [-0.15, -0.1) is 0 Å². The van der Waals surface area contributed by atoms with Crippen LogP contribution in [0, 0.1) is 47.3 Å². The van der Waals surface area contributed by atoms with E-state index in [1.807, 2.05) is 152 Å². The maximum Gasteiger partial charge on any atom is 0.409 e. The van der Waals surface area contributed by atoms with Crippen LogP contribution in [0.4, 0.5) is 4.79 Å². The highest BCUT2D eigenvalue weighted by molar-refractivity contribution is 6.02. The number of carbonyl (C=O) groups excluding carboxylic acids is 17. The van der Waals surface area contributed by atoms with E-state index in [1.165, 1.54) is 18.7 Å². The van der Waals surface area contributed by atoms with Crippen LogP contribution in [-0.2, 0) is 107 Å². The second-order valence-corrected chi connectivity index (χ2v) is 40.8. The van der Waals surface area contributed by atoms with Crippen molar-refractivity contribution in [3.63, 3.8) is 0 Å². The van der Waals surface area contributed by atoms with Gasteiger partial charge in [-0.25, -0.2) is 4.79 Å². The molecule has 0 unspecified atom stereocenters. The third kappa shape index (κ3) is 35.1. The van der Waals surface area contributed by atoms with E-state index in [0.717, 1.165) is 21.8 Å². The molecule has 0 aliphatic rings. The van der Waals surface area contributed by atoms with E-state index in [-0.39, 0.29) is 94.1 Å². The lowest BCUT2D eigenvalue weighted by atomic mass is 9.97. The molecule has 0 aliphatic heterocycles. The van der Waals surface area contributed by atoms with Crippen molar-refractivity contribution in [1.82, 2.24) is 115 Å². The number of hydrogen-bond donors (Lipinski definition) is 20. The first kappa shape index (κ1) is 116. The number of ether oxygens (including phenoxy) is 1. The number of nitrogens with one attached hydrogen (secondary N) is 20. The summed E-state index contributed by atoms with van der Waals surface area (Å²) in [6.07, 6.45) is 6.29. The molecule has 0 spiro atoms. The summed E-state index contributed by atoms with van der Waals surface area (Å²) in [7, 11) is 5.36. The van der Waals surface area contributed by atoms with E-state index in [4.69, 9.17) is 4.74 Å². The highest BCUT2D eigenvalue weighted by atomic mass is 16.6. The zero-order valence-electron chi connectivity index (χ0n) is 87.3. The van der Waals surface area contributed by atoms with Crippen LogP contribution in [0.2, 0.25) is 0 Å². The maximum absolute atomic E-state index is 15.7. The Bertz CT molecular complexity index is 5770. The second-order valence-electron chi connectivity index (χ2n) is 40.8. The lowest BCUT2D eigenvalue weighted by molar-refractivity contribution is -0.137. The number of nitrogens with zero attached hydrogens (tertiary/aromatic N) is 2. The van der Waals surface area contributed by atoms with E-state index in [1.54, 1.807) is 107 Å². The van der Waals surface area contributed by atoms with E-state index >= 15 is 33.6 Å². The average Bonchev–Trinajstić information content (AvgIpc) is 1.62. The smallest absolute Gasteiger partial charge is 0.409 e. The van der Waals surface area contributed by atoms with E-state index < -0.39 is 204 Å². The highest BCUT2D eigenvalue weighted by Gasteiger charge is 2.41. The quantitative estimate of drug-likeness (QED) is 0.0176. The van der Waals surface area contributed by atoms with Crippen LogP contribution in [0.1, 0.15) is 173 Å². The fraction of sp³-hybridized carbons (Fsp3) is 0.533. The SMILES string of the molecule is CC(C)C[C@@H](NC(=O)[C@H](C)NC(=O)CNC(=O)[C@@H](NC=O)C(C)C)C(=O)N[C@@H](C)C(=O)N[C@@H](C(=O)N[C@H](C(=O)N[C@@H](C(=O)N[C@@H](Cc1c[nH]c2ccccc12)C(=O)N[C@H](CC(C)C)C(=O)N[C@@H](Cc1c[nH]c2ccccc12)C(=O)N[C@H](CC(C)C)C(=O)N[C@@H](Cc1c[nH]c2ccccc12)C(=O)N[C@H](CC(C)C)C(=O)N[C@@H](Cc1c[nH]c2ccccc12)C(=O)NCCOC(=O)N(C)CCN(C)C)C(C)C)C(C)C)C(C)C. The first-order chi connectivity index (χ1) is 68.6. The number of H-pyrrole nitrogens is 4. The maximum atomic E-state index is 15.7. The Labute approximate surface area is 847 Å². The molecular formula is C105H152N22O18. The standard InChI is InChI=1S/C105H152N22O18/c1-56(2)42-78(115-91(130)64(17)113-86(129)54-111-101(140)87(60(9)10)112-55-128)94(133)114-65(18)92(131)123-89(62(13)14)103(142)125-90(63(15)16)104(143)124-88(61(11)12)102(141)122-85(49-69-53-110-77-37-29-25-33-73(69)77)100(139)118-81(45-59(7)8)97(136)121-84(48-68-52-109-76-36-28-24-32-72(68)76)99(138)117-80(44-58(5)6)96(135)120-83(47-67-51-108-75-35-27-23-31-71(67)75)98(137)116-79(43-57(3)4)95(134)119-82(46-66-50-107-74-34-26-22-30-70(66)74)93(132)106-38-41-145-105(144)127(21)40-39-126(19)20/h22-37,50-53,55-65,78-85,87-90,107-110H,38-49,54H2,1-21H3,(H,106,132)(H,111,140)(H,112,128)(H,113,129)(H,114,133)(H,115,130)(H,116,137)(H,117,138)(H,118,139)(H,119,134)(H,120,135)(H,121,136)(H,122,141)(H,123,131)(H,124,143)(H,125,142)/t64-,65-,78+,79+,80+,81+,82-,83-,84-,85-,87-,88+,89+,90-/m0/s1. The average molecular weight is 2010 g/mol. The summed E-state index contributed by atoms with van der Waals surface area (Å²) in [6, 6.07) is 10.9. The van der Waals surface area contributed by atoms with Crippen LogP contribution in [0.25, 0.3) is 43.6 Å². The van der Waals surface area contributed by atoms with Gasteiger partial charge in [0.25, 0.3) is 0 Å². The topological polar surface area (TPSA) is 562 Å². The summed E-state index contributed by atoms with van der Waals surface area (Å²) in [5, 5.41) is 47.1. The van der Waals surface area contributed by atoms with Gasteiger partial charge in [0.2, 0.25) is 95.0 Å². The Morgan fingerprint density at radius 3 is 0.903 bits per heavy atom. The molecule has 4 aromatic carbocycles. The van der Waals surface area contributed by atoms with Crippen LogP contribution in [0.3, 0.4) is 0 Å². The molecule has 0 aliphatic carbocycles. The molecule has 20 N–H and O–H groups in total. The summed E-state index contributed by atoms with van der Waals surface area (Å²) < 4.78 is 5.47. The summed E-state index contributed by atoms with van der Waals surface area (Å²) in [5.74, 6) is -14.8. The summed E-state index contributed by atoms with van der Waals surface area (Å²) in [6.45, 7) is 30.9. The zero-order chi connectivity index (χ0) is 107. The van der Waals surface area contributed by atoms with Gasteiger partial charge in [0.1, 0.15) is 91.2 Å². The molecule has 14 atom stereocenters. The number of aromatic amines is 4. The predicted octanol–water partition coefficient (Wildman–Crippen LogP) is 5.01. The number of carbonyl (C=O) groups is 17. The number of hydrogen-bond acceptors (Lipinski definition) is 19.